The van der Waals surface area contributed by atoms with Crippen LogP contribution in [0.2, 0.25) is 0 Å². The van der Waals surface area contributed by atoms with Crippen LogP contribution in [0.1, 0.15) is 64.4 Å². The van der Waals surface area contributed by atoms with Crippen molar-refractivity contribution >= 4 is 5.97 Å². The molecule has 1 fully saturated rings. The van der Waals surface area contributed by atoms with Gasteiger partial charge in [-0.2, -0.15) is 0 Å². The first-order valence-electron chi connectivity index (χ1n) is 9.15. The van der Waals surface area contributed by atoms with E-state index in [1.165, 1.54) is 5.56 Å². The Morgan fingerprint density at radius 3 is 2.16 bits per heavy atom. The molecule has 0 bridgehead atoms. The minimum Gasteiger partial charge on any atom is -0.459 e. The van der Waals surface area contributed by atoms with Crippen LogP contribution in [0.25, 0.3) is 0 Å². The molecule has 0 aliphatic carbocycles. The van der Waals surface area contributed by atoms with Crippen LogP contribution in [0.3, 0.4) is 0 Å². The summed E-state index contributed by atoms with van der Waals surface area (Å²) in [7, 11) is 0. The van der Waals surface area contributed by atoms with E-state index in [2.05, 4.69) is 48.5 Å². The van der Waals surface area contributed by atoms with Crippen molar-refractivity contribution in [2.75, 3.05) is 13.2 Å². The Balaban J connectivity index is 1.93. The second-order valence-electron chi connectivity index (χ2n) is 8.51. The molecule has 1 atom stereocenters. The molecule has 1 aliphatic heterocycles. The molecule has 140 valence electrons. The third kappa shape index (κ3) is 4.42. The maximum Gasteiger partial charge on any atom is 0.338 e. The van der Waals surface area contributed by atoms with E-state index in [1.807, 2.05) is 24.3 Å². The Labute approximate surface area is 151 Å². The SMILES string of the molecule is CC(C)C1(C(C)C)OC[C@H](COC(=O)c2ccc(C(C)(C)C)cc2)O1. The number of rotatable bonds is 5. The van der Waals surface area contributed by atoms with Gasteiger partial charge in [-0.15, -0.1) is 0 Å². The number of carbonyl (C=O) groups excluding carboxylic acids is 1. The largest absolute Gasteiger partial charge is 0.459 e. The predicted octanol–water partition coefficient (Wildman–Crippen LogP) is 4.56. The summed E-state index contributed by atoms with van der Waals surface area (Å²) in [4.78, 5) is 12.3. The highest BCUT2D eigenvalue weighted by Gasteiger charge is 2.47. The lowest BCUT2D eigenvalue weighted by molar-refractivity contribution is -0.227. The molecule has 1 saturated heterocycles. The quantitative estimate of drug-likeness (QED) is 0.732. The Hall–Kier alpha value is -1.39. The van der Waals surface area contributed by atoms with E-state index >= 15 is 0 Å². The van der Waals surface area contributed by atoms with Crippen molar-refractivity contribution in [3.63, 3.8) is 0 Å². The molecule has 0 N–H and O–H groups in total. The van der Waals surface area contributed by atoms with Crippen molar-refractivity contribution in [3.05, 3.63) is 35.4 Å². The Morgan fingerprint density at radius 1 is 1.16 bits per heavy atom. The zero-order chi connectivity index (χ0) is 18.8. The summed E-state index contributed by atoms with van der Waals surface area (Å²) in [5, 5.41) is 0. The normalized spacial score (nSPS) is 20.3. The van der Waals surface area contributed by atoms with E-state index < -0.39 is 5.79 Å². The summed E-state index contributed by atoms with van der Waals surface area (Å²) in [5.74, 6) is -0.447. The van der Waals surface area contributed by atoms with E-state index in [0.29, 0.717) is 12.2 Å². The Bertz CT molecular complexity index is 573. The first-order chi connectivity index (χ1) is 11.6. The molecule has 0 spiro atoms. The van der Waals surface area contributed by atoms with Gasteiger partial charge in [-0.25, -0.2) is 4.79 Å². The maximum absolute atomic E-state index is 12.3. The van der Waals surface area contributed by atoms with Gasteiger partial charge in [-0.1, -0.05) is 60.6 Å². The molecule has 1 heterocycles. The molecule has 1 aliphatic rings. The topological polar surface area (TPSA) is 44.8 Å². The fourth-order valence-electron chi connectivity index (χ4n) is 3.26. The van der Waals surface area contributed by atoms with E-state index in [9.17, 15) is 4.79 Å². The van der Waals surface area contributed by atoms with Crippen molar-refractivity contribution < 1.29 is 19.0 Å². The highest BCUT2D eigenvalue weighted by Crippen LogP contribution is 2.37. The second-order valence-corrected chi connectivity index (χ2v) is 8.51. The highest BCUT2D eigenvalue weighted by molar-refractivity contribution is 5.89. The summed E-state index contributed by atoms with van der Waals surface area (Å²) in [6.45, 7) is 15.5. The minimum atomic E-state index is -0.592. The first kappa shape index (κ1) is 19.9. The van der Waals surface area contributed by atoms with E-state index in [-0.39, 0.29) is 35.9 Å². The Kier molecular flexibility index (Phi) is 5.95. The first-order valence-corrected chi connectivity index (χ1v) is 9.15. The van der Waals surface area contributed by atoms with Gasteiger partial charge in [0.2, 0.25) is 0 Å². The van der Waals surface area contributed by atoms with Crippen LogP contribution in [0, 0.1) is 11.8 Å². The van der Waals surface area contributed by atoms with Crippen molar-refractivity contribution in [1.82, 2.24) is 0 Å². The smallest absolute Gasteiger partial charge is 0.338 e. The van der Waals surface area contributed by atoms with Gasteiger partial charge in [-0.05, 0) is 23.1 Å². The molecule has 1 aromatic rings. The molecule has 2 rings (SSSR count). The number of hydrogen-bond donors (Lipinski definition) is 0. The van der Waals surface area contributed by atoms with E-state index in [0.717, 1.165) is 0 Å². The fourth-order valence-corrected chi connectivity index (χ4v) is 3.26. The lowest BCUT2D eigenvalue weighted by Crippen LogP contribution is -2.42. The van der Waals surface area contributed by atoms with Gasteiger partial charge >= 0.3 is 5.97 Å². The number of hydrogen-bond acceptors (Lipinski definition) is 4. The predicted molar refractivity (Wildman–Crippen MR) is 98.7 cm³/mol. The zero-order valence-electron chi connectivity index (χ0n) is 16.6. The maximum atomic E-state index is 12.3. The monoisotopic (exact) mass is 348 g/mol. The average molecular weight is 348 g/mol. The molecule has 0 aromatic heterocycles. The lowest BCUT2D eigenvalue weighted by atomic mass is 9.87. The van der Waals surface area contributed by atoms with Gasteiger partial charge in [0, 0.05) is 11.8 Å². The standard InChI is InChI=1S/C21H32O4/c1-14(2)21(15(3)4)24-13-18(25-21)12-23-19(22)16-8-10-17(11-9-16)20(5,6)7/h8-11,14-15,18H,12-13H2,1-7H3/t18-/m0/s1. The highest BCUT2D eigenvalue weighted by atomic mass is 16.8. The summed E-state index contributed by atoms with van der Waals surface area (Å²) >= 11 is 0. The summed E-state index contributed by atoms with van der Waals surface area (Å²) in [5.41, 5.74) is 1.82. The van der Waals surface area contributed by atoms with Gasteiger partial charge in [0.05, 0.1) is 12.2 Å². The molecule has 0 radical (unpaired) electrons. The van der Waals surface area contributed by atoms with Gasteiger partial charge in [0.15, 0.2) is 5.79 Å². The number of esters is 1. The number of benzene rings is 1. The van der Waals surface area contributed by atoms with Crippen molar-refractivity contribution in [3.8, 4) is 0 Å². The molecular formula is C21H32O4. The number of carbonyl (C=O) groups is 1. The molecule has 1 aromatic carbocycles. The van der Waals surface area contributed by atoms with Crippen LogP contribution in [0.15, 0.2) is 24.3 Å². The van der Waals surface area contributed by atoms with Crippen LogP contribution >= 0.6 is 0 Å². The van der Waals surface area contributed by atoms with E-state index in [4.69, 9.17) is 14.2 Å². The summed E-state index contributed by atoms with van der Waals surface area (Å²) in [6.07, 6.45) is -0.220. The molecule has 0 unspecified atom stereocenters. The van der Waals surface area contributed by atoms with Gasteiger partial charge < -0.3 is 14.2 Å². The fraction of sp³-hybridized carbons (Fsp3) is 0.667. The van der Waals surface area contributed by atoms with Gasteiger partial charge in [0.1, 0.15) is 12.7 Å². The molecule has 0 amide bonds. The molecule has 0 saturated carbocycles. The minimum absolute atomic E-state index is 0.0640. The van der Waals surface area contributed by atoms with Crippen molar-refractivity contribution in [1.29, 1.82) is 0 Å². The van der Waals surface area contributed by atoms with Crippen LogP contribution in [0.4, 0.5) is 0 Å². The van der Waals surface area contributed by atoms with Crippen LogP contribution in [-0.4, -0.2) is 31.1 Å². The van der Waals surface area contributed by atoms with Gasteiger partial charge in [0.25, 0.3) is 0 Å². The molecular weight excluding hydrogens is 316 g/mol. The molecule has 4 heteroatoms. The van der Waals surface area contributed by atoms with Crippen LogP contribution in [0.5, 0.6) is 0 Å². The van der Waals surface area contributed by atoms with E-state index in [1.54, 1.807) is 0 Å². The number of ether oxygens (including phenoxy) is 3. The summed E-state index contributed by atoms with van der Waals surface area (Å²) < 4.78 is 17.5. The third-order valence-electron chi connectivity index (χ3n) is 4.84. The van der Waals surface area contributed by atoms with Crippen LogP contribution < -0.4 is 0 Å². The lowest BCUT2D eigenvalue weighted by Gasteiger charge is -2.35. The molecule has 4 nitrogen and oxygen atoms in total. The second kappa shape index (κ2) is 7.46. The average Bonchev–Trinajstić information content (AvgIpc) is 2.98. The third-order valence-corrected chi connectivity index (χ3v) is 4.84. The van der Waals surface area contributed by atoms with Gasteiger partial charge in [-0.3, -0.25) is 0 Å². The zero-order valence-corrected chi connectivity index (χ0v) is 16.6. The molecule has 25 heavy (non-hydrogen) atoms. The van der Waals surface area contributed by atoms with Crippen LogP contribution in [-0.2, 0) is 19.6 Å². The summed E-state index contributed by atoms with van der Waals surface area (Å²) in [6, 6.07) is 7.60. The Morgan fingerprint density at radius 2 is 1.72 bits per heavy atom. The van der Waals surface area contributed by atoms with Crippen molar-refractivity contribution in [2.24, 2.45) is 11.8 Å². The van der Waals surface area contributed by atoms with Crippen molar-refractivity contribution in [2.45, 2.75) is 65.8 Å².